The highest BCUT2D eigenvalue weighted by Gasteiger charge is 2.04. The largest absolute Gasteiger partial charge is 0.0988 e. The Bertz CT molecular complexity index is 197. The first-order valence-electron chi connectivity index (χ1n) is 3.68. The van der Waals surface area contributed by atoms with Crippen LogP contribution in [0.3, 0.4) is 0 Å². The van der Waals surface area contributed by atoms with Gasteiger partial charge in [-0.05, 0) is 24.0 Å². The molecule has 0 fully saturated rings. The van der Waals surface area contributed by atoms with Crippen LogP contribution in [0.5, 0.6) is 0 Å². The second-order valence-corrected chi connectivity index (χ2v) is 3.30. The van der Waals surface area contributed by atoms with Gasteiger partial charge in [-0.25, -0.2) is 0 Å². The van der Waals surface area contributed by atoms with E-state index >= 15 is 0 Å². The molecule has 0 saturated carbocycles. The van der Waals surface area contributed by atoms with E-state index in [0.717, 1.165) is 5.57 Å². The van der Waals surface area contributed by atoms with E-state index in [1.54, 1.807) is 0 Å². The molecule has 0 aromatic heterocycles. The Labute approximate surface area is 74.3 Å². The SMILES string of the molecule is C=C/C(=C(/C)C(=C)Cl)C(C)C. The number of allylic oxidation sites excluding steroid dienone is 4. The van der Waals surface area contributed by atoms with Crippen molar-refractivity contribution in [2.45, 2.75) is 20.8 Å². The summed E-state index contributed by atoms with van der Waals surface area (Å²) in [4.78, 5) is 0. The van der Waals surface area contributed by atoms with Crippen LogP contribution < -0.4 is 0 Å². The summed E-state index contributed by atoms with van der Waals surface area (Å²) in [5.74, 6) is 0.461. The van der Waals surface area contributed by atoms with E-state index in [9.17, 15) is 0 Å². The van der Waals surface area contributed by atoms with Crippen LogP contribution >= 0.6 is 11.6 Å². The fourth-order valence-electron chi connectivity index (χ4n) is 0.978. The number of halogens is 1. The van der Waals surface area contributed by atoms with Gasteiger partial charge in [0, 0.05) is 5.03 Å². The molecule has 0 saturated heterocycles. The Balaban J connectivity index is 4.83. The second kappa shape index (κ2) is 4.40. The van der Waals surface area contributed by atoms with Crippen molar-refractivity contribution in [2.75, 3.05) is 0 Å². The molecule has 0 aromatic carbocycles. The predicted molar refractivity (Wildman–Crippen MR) is 52.7 cm³/mol. The predicted octanol–water partition coefficient (Wildman–Crippen LogP) is 3.90. The lowest BCUT2D eigenvalue weighted by molar-refractivity contribution is 0.783. The first-order chi connectivity index (χ1) is 5.00. The minimum atomic E-state index is 0.461. The van der Waals surface area contributed by atoms with Gasteiger partial charge in [0.1, 0.15) is 0 Å². The molecule has 0 aliphatic rings. The van der Waals surface area contributed by atoms with Crippen LogP contribution in [0.15, 0.2) is 35.4 Å². The summed E-state index contributed by atoms with van der Waals surface area (Å²) >= 11 is 5.75. The van der Waals surface area contributed by atoms with Crippen LogP contribution in [0.4, 0.5) is 0 Å². The third-order valence-electron chi connectivity index (χ3n) is 1.68. The molecule has 0 unspecified atom stereocenters. The molecule has 1 heteroatoms. The van der Waals surface area contributed by atoms with Crippen LogP contribution in [0.25, 0.3) is 0 Å². The standard InChI is InChI=1S/C10H15Cl/c1-6-10(7(2)3)8(4)9(5)11/h6-7H,1,5H2,2-4H3/b10-8+. The molecular weight excluding hydrogens is 156 g/mol. The highest BCUT2D eigenvalue weighted by Crippen LogP contribution is 2.22. The third kappa shape index (κ3) is 2.94. The molecular formula is C10H15Cl. The molecule has 0 aliphatic carbocycles. The lowest BCUT2D eigenvalue weighted by Crippen LogP contribution is -1.94. The molecule has 0 aromatic rings. The highest BCUT2D eigenvalue weighted by atomic mass is 35.5. The van der Waals surface area contributed by atoms with E-state index in [1.807, 2.05) is 13.0 Å². The smallest absolute Gasteiger partial charge is 0.0366 e. The van der Waals surface area contributed by atoms with Gasteiger partial charge in [-0.1, -0.05) is 44.7 Å². The monoisotopic (exact) mass is 170 g/mol. The van der Waals surface area contributed by atoms with Crippen molar-refractivity contribution < 1.29 is 0 Å². The Morgan fingerprint density at radius 1 is 1.45 bits per heavy atom. The normalized spacial score (nSPS) is 12.8. The van der Waals surface area contributed by atoms with Gasteiger partial charge >= 0.3 is 0 Å². The van der Waals surface area contributed by atoms with E-state index in [4.69, 9.17) is 11.6 Å². The molecule has 11 heavy (non-hydrogen) atoms. The first-order valence-corrected chi connectivity index (χ1v) is 4.06. The molecule has 0 rings (SSSR count). The zero-order valence-corrected chi connectivity index (χ0v) is 8.20. The van der Waals surface area contributed by atoms with Gasteiger partial charge in [-0.2, -0.15) is 0 Å². The van der Waals surface area contributed by atoms with Gasteiger partial charge in [0.2, 0.25) is 0 Å². The molecule has 0 aliphatic heterocycles. The molecule has 0 N–H and O–H groups in total. The van der Waals surface area contributed by atoms with Crippen molar-refractivity contribution >= 4 is 11.6 Å². The van der Waals surface area contributed by atoms with Crippen LogP contribution in [-0.4, -0.2) is 0 Å². The van der Waals surface area contributed by atoms with E-state index < -0.39 is 0 Å². The molecule has 0 spiro atoms. The summed E-state index contributed by atoms with van der Waals surface area (Å²) < 4.78 is 0. The molecule has 0 atom stereocenters. The summed E-state index contributed by atoms with van der Waals surface area (Å²) in [6.07, 6.45) is 1.84. The zero-order valence-electron chi connectivity index (χ0n) is 7.45. The van der Waals surface area contributed by atoms with Gasteiger partial charge in [-0.3, -0.25) is 0 Å². The number of rotatable bonds is 3. The zero-order chi connectivity index (χ0) is 9.02. The summed E-state index contributed by atoms with van der Waals surface area (Å²) in [5.41, 5.74) is 2.21. The number of hydrogen-bond donors (Lipinski definition) is 0. The van der Waals surface area contributed by atoms with Crippen molar-refractivity contribution in [2.24, 2.45) is 5.92 Å². The van der Waals surface area contributed by atoms with Crippen molar-refractivity contribution in [3.05, 3.63) is 35.4 Å². The van der Waals surface area contributed by atoms with Crippen LogP contribution in [-0.2, 0) is 0 Å². The second-order valence-electron chi connectivity index (χ2n) is 2.84. The molecule has 62 valence electrons. The molecule has 0 radical (unpaired) electrons. The maximum atomic E-state index is 5.75. The quantitative estimate of drug-likeness (QED) is 0.564. The Morgan fingerprint density at radius 3 is 2.00 bits per heavy atom. The Hall–Kier alpha value is -0.490. The Morgan fingerprint density at radius 2 is 1.91 bits per heavy atom. The maximum Gasteiger partial charge on any atom is 0.0366 e. The fraction of sp³-hybridized carbons (Fsp3) is 0.400. The van der Waals surface area contributed by atoms with Gasteiger partial charge < -0.3 is 0 Å². The summed E-state index contributed by atoms with van der Waals surface area (Å²) in [6, 6.07) is 0. The number of hydrogen-bond acceptors (Lipinski definition) is 0. The Kier molecular flexibility index (Phi) is 4.20. The molecule has 0 amide bonds. The van der Waals surface area contributed by atoms with Gasteiger partial charge in [0.15, 0.2) is 0 Å². The van der Waals surface area contributed by atoms with E-state index in [1.165, 1.54) is 5.57 Å². The lowest BCUT2D eigenvalue weighted by Gasteiger charge is -2.10. The summed E-state index contributed by atoms with van der Waals surface area (Å²) in [7, 11) is 0. The van der Waals surface area contributed by atoms with E-state index in [-0.39, 0.29) is 0 Å². The molecule has 0 nitrogen and oxygen atoms in total. The van der Waals surface area contributed by atoms with Gasteiger partial charge in [-0.15, -0.1) is 0 Å². The minimum Gasteiger partial charge on any atom is -0.0988 e. The molecule has 0 bridgehead atoms. The van der Waals surface area contributed by atoms with Gasteiger partial charge in [0.25, 0.3) is 0 Å². The minimum absolute atomic E-state index is 0.461. The first kappa shape index (κ1) is 10.5. The average Bonchev–Trinajstić information content (AvgIpc) is 1.88. The summed E-state index contributed by atoms with van der Waals surface area (Å²) in [6.45, 7) is 13.6. The maximum absolute atomic E-state index is 5.75. The average molecular weight is 171 g/mol. The fourth-order valence-corrected chi connectivity index (χ4v) is 1.09. The van der Waals surface area contributed by atoms with E-state index in [2.05, 4.69) is 27.0 Å². The van der Waals surface area contributed by atoms with Crippen LogP contribution in [0, 0.1) is 5.92 Å². The van der Waals surface area contributed by atoms with Gasteiger partial charge in [0.05, 0.1) is 0 Å². The van der Waals surface area contributed by atoms with Crippen LogP contribution in [0.1, 0.15) is 20.8 Å². The van der Waals surface area contributed by atoms with Crippen molar-refractivity contribution in [3.8, 4) is 0 Å². The van der Waals surface area contributed by atoms with Crippen LogP contribution in [0.2, 0.25) is 0 Å². The van der Waals surface area contributed by atoms with Crippen molar-refractivity contribution in [3.63, 3.8) is 0 Å². The topological polar surface area (TPSA) is 0 Å². The van der Waals surface area contributed by atoms with Crippen molar-refractivity contribution in [1.29, 1.82) is 0 Å². The lowest BCUT2D eigenvalue weighted by atomic mass is 9.98. The summed E-state index contributed by atoms with van der Waals surface area (Å²) in [5, 5.41) is 0.605. The van der Waals surface area contributed by atoms with E-state index in [0.29, 0.717) is 11.0 Å². The third-order valence-corrected chi connectivity index (χ3v) is 1.97. The van der Waals surface area contributed by atoms with Crippen molar-refractivity contribution in [1.82, 2.24) is 0 Å². The molecule has 0 heterocycles. The highest BCUT2D eigenvalue weighted by molar-refractivity contribution is 6.31.